The first-order valence-electron chi connectivity index (χ1n) is 6.73. The SMILES string of the molecule is CCOc1ccc(C(=O)c2c[nH]c3cc(Br)ccc23)cc1. The predicted octanol–water partition coefficient (Wildman–Crippen LogP) is 4.56. The maximum absolute atomic E-state index is 12.6. The van der Waals surface area contributed by atoms with Crippen LogP contribution >= 0.6 is 15.9 Å². The number of H-pyrrole nitrogens is 1. The van der Waals surface area contributed by atoms with E-state index >= 15 is 0 Å². The minimum atomic E-state index is 0.00613. The van der Waals surface area contributed by atoms with Gasteiger partial charge in [-0.3, -0.25) is 4.79 Å². The minimum absolute atomic E-state index is 0.00613. The van der Waals surface area contributed by atoms with Crippen LogP contribution in [0.25, 0.3) is 10.9 Å². The molecular formula is C17H14BrNO2. The van der Waals surface area contributed by atoms with Crippen molar-refractivity contribution in [3.05, 3.63) is 64.3 Å². The summed E-state index contributed by atoms with van der Waals surface area (Å²) in [5, 5.41) is 0.928. The van der Waals surface area contributed by atoms with Gasteiger partial charge >= 0.3 is 0 Å². The summed E-state index contributed by atoms with van der Waals surface area (Å²) in [4.78, 5) is 15.7. The quantitative estimate of drug-likeness (QED) is 0.705. The zero-order valence-corrected chi connectivity index (χ0v) is 13.1. The van der Waals surface area contributed by atoms with E-state index in [0.29, 0.717) is 17.7 Å². The molecule has 3 rings (SSSR count). The van der Waals surface area contributed by atoms with E-state index in [2.05, 4.69) is 20.9 Å². The van der Waals surface area contributed by atoms with Crippen LogP contribution in [0.4, 0.5) is 0 Å². The van der Waals surface area contributed by atoms with Crippen LogP contribution in [0.5, 0.6) is 5.75 Å². The summed E-state index contributed by atoms with van der Waals surface area (Å²) in [5.41, 5.74) is 2.28. The van der Waals surface area contributed by atoms with E-state index in [1.807, 2.05) is 37.3 Å². The van der Waals surface area contributed by atoms with Gasteiger partial charge in [0, 0.05) is 32.7 Å². The smallest absolute Gasteiger partial charge is 0.195 e. The van der Waals surface area contributed by atoms with Gasteiger partial charge in [-0.2, -0.15) is 0 Å². The number of nitrogens with one attached hydrogen (secondary N) is 1. The van der Waals surface area contributed by atoms with Crippen LogP contribution in [0, 0.1) is 0 Å². The summed E-state index contributed by atoms with van der Waals surface area (Å²) in [6, 6.07) is 13.1. The van der Waals surface area contributed by atoms with Gasteiger partial charge in [0.05, 0.1) is 6.61 Å². The lowest BCUT2D eigenvalue weighted by atomic mass is 10.0. The minimum Gasteiger partial charge on any atom is -0.494 e. The second-order valence-corrected chi connectivity index (χ2v) is 5.59. The van der Waals surface area contributed by atoms with Gasteiger partial charge < -0.3 is 9.72 Å². The van der Waals surface area contributed by atoms with Crippen molar-refractivity contribution in [1.82, 2.24) is 4.98 Å². The summed E-state index contributed by atoms with van der Waals surface area (Å²) < 4.78 is 6.38. The number of ketones is 1. The molecule has 0 saturated heterocycles. The van der Waals surface area contributed by atoms with Crippen LogP contribution in [0.2, 0.25) is 0 Å². The number of halogens is 1. The molecule has 0 fully saturated rings. The van der Waals surface area contributed by atoms with Crippen LogP contribution < -0.4 is 4.74 Å². The normalized spacial score (nSPS) is 10.8. The molecule has 3 nitrogen and oxygen atoms in total. The second-order valence-electron chi connectivity index (χ2n) is 4.68. The van der Waals surface area contributed by atoms with Crippen LogP contribution in [-0.2, 0) is 0 Å². The van der Waals surface area contributed by atoms with E-state index in [4.69, 9.17) is 4.74 Å². The first kappa shape index (κ1) is 13.9. The van der Waals surface area contributed by atoms with E-state index in [-0.39, 0.29) is 5.78 Å². The highest BCUT2D eigenvalue weighted by Crippen LogP contribution is 2.25. The third-order valence-electron chi connectivity index (χ3n) is 3.32. The number of carbonyl (C=O) groups is 1. The summed E-state index contributed by atoms with van der Waals surface area (Å²) in [7, 11) is 0. The molecule has 1 N–H and O–H groups in total. The zero-order chi connectivity index (χ0) is 14.8. The number of rotatable bonds is 4. The number of fused-ring (bicyclic) bond motifs is 1. The van der Waals surface area contributed by atoms with Crippen molar-refractivity contribution in [2.24, 2.45) is 0 Å². The third-order valence-corrected chi connectivity index (χ3v) is 3.81. The van der Waals surface area contributed by atoms with Crippen LogP contribution in [0.1, 0.15) is 22.8 Å². The molecule has 4 heteroatoms. The molecule has 0 spiro atoms. The highest BCUT2D eigenvalue weighted by molar-refractivity contribution is 9.10. The largest absolute Gasteiger partial charge is 0.494 e. The Morgan fingerprint density at radius 2 is 1.95 bits per heavy atom. The lowest BCUT2D eigenvalue weighted by molar-refractivity contribution is 0.104. The Labute approximate surface area is 131 Å². The maximum atomic E-state index is 12.6. The van der Waals surface area contributed by atoms with Crippen LogP contribution in [0.15, 0.2) is 53.1 Å². The standard InChI is InChI=1S/C17H14BrNO2/c1-2-21-13-6-3-11(4-7-13)17(20)15-10-19-16-9-12(18)5-8-14(15)16/h3-10,19H,2H2,1H3. The Balaban J connectivity index is 1.96. The molecule has 0 aliphatic rings. The molecule has 1 heterocycles. The van der Waals surface area contributed by atoms with E-state index in [9.17, 15) is 4.79 Å². The number of benzene rings is 2. The molecule has 3 aromatic rings. The Hall–Kier alpha value is -2.07. The molecule has 0 atom stereocenters. The average molecular weight is 344 g/mol. The molecule has 0 bridgehead atoms. The lowest BCUT2D eigenvalue weighted by Gasteiger charge is -2.04. The number of carbonyl (C=O) groups excluding carboxylic acids is 1. The summed E-state index contributed by atoms with van der Waals surface area (Å²) in [6.45, 7) is 2.55. The maximum Gasteiger partial charge on any atom is 0.195 e. The highest BCUT2D eigenvalue weighted by atomic mass is 79.9. The molecule has 0 aliphatic heterocycles. The molecule has 2 aromatic carbocycles. The Kier molecular flexibility index (Phi) is 3.80. The van der Waals surface area contributed by atoms with Crippen molar-refractivity contribution in [3.8, 4) is 5.75 Å². The fourth-order valence-corrected chi connectivity index (χ4v) is 2.67. The summed E-state index contributed by atoms with van der Waals surface area (Å²) in [6.07, 6.45) is 1.76. The van der Waals surface area contributed by atoms with Gasteiger partial charge in [0.15, 0.2) is 5.78 Å². The number of aromatic amines is 1. The van der Waals surface area contributed by atoms with Gasteiger partial charge in [-0.15, -0.1) is 0 Å². The van der Waals surface area contributed by atoms with Gasteiger partial charge in [-0.1, -0.05) is 22.0 Å². The van der Waals surface area contributed by atoms with Crippen molar-refractivity contribution < 1.29 is 9.53 Å². The van der Waals surface area contributed by atoms with Crippen molar-refractivity contribution in [2.45, 2.75) is 6.92 Å². The Bertz CT molecular complexity index is 790. The number of hydrogen-bond acceptors (Lipinski definition) is 2. The summed E-state index contributed by atoms with van der Waals surface area (Å²) in [5.74, 6) is 0.781. The highest BCUT2D eigenvalue weighted by Gasteiger charge is 2.14. The Morgan fingerprint density at radius 3 is 2.67 bits per heavy atom. The van der Waals surface area contributed by atoms with Crippen LogP contribution in [-0.4, -0.2) is 17.4 Å². The predicted molar refractivity (Wildman–Crippen MR) is 87.0 cm³/mol. The first-order valence-corrected chi connectivity index (χ1v) is 7.52. The third kappa shape index (κ3) is 2.72. The van der Waals surface area contributed by atoms with Gasteiger partial charge in [0.25, 0.3) is 0 Å². The fourth-order valence-electron chi connectivity index (χ4n) is 2.31. The fraction of sp³-hybridized carbons (Fsp3) is 0.118. The van der Waals surface area contributed by atoms with Gasteiger partial charge in [-0.25, -0.2) is 0 Å². The van der Waals surface area contributed by atoms with Crippen molar-refractivity contribution in [3.63, 3.8) is 0 Å². The van der Waals surface area contributed by atoms with Gasteiger partial charge in [0.1, 0.15) is 5.75 Å². The molecule has 0 aliphatic carbocycles. The van der Waals surface area contributed by atoms with E-state index < -0.39 is 0 Å². The molecule has 21 heavy (non-hydrogen) atoms. The molecule has 106 valence electrons. The van der Waals surface area contributed by atoms with Crippen LogP contribution in [0.3, 0.4) is 0 Å². The van der Waals surface area contributed by atoms with E-state index in [0.717, 1.165) is 21.1 Å². The molecule has 0 amide bonds. The second kappa shape index (κ2) is 5.74. The molecular weight excluding hydrogens is 330 g/mol. The average Bonchev–Trinajstić information content (AvgIpc) is 2.90. The number of ether oxygens (including phenoxy) is 1. The topological polar surface area (TPSA) is 42.1 Å². The van der Waals surface area contributed by atoms with E-state index in [1.54, 1.807) is 18.3 Å². The number of hydrogen-bond donors (Lipinski definition) is 1. The molecule has 1 aromatic heterocycles. The van der Waals surface area contributed by atoms with Crippen molar-refractivity contribution in [1.29, 1.82) is 0 Å². The van der Waals surface area contributed by atoms with Crippen molar-refractivity contribution >= 4 is 32.6 Å². The molecule has 0 radical (unpaired) electrons. The zero-order valence-electron chi connectivity index (χ0n) is 11.5. The Morgan fingerprint density at radius 1 is 1.19 bits per heavy atom. The number of aromatic nitrogens is 1. The monoisotopic (exact) mass is 343 g/mol. The van der Waals surface area contributed by atoms with Crippen molar-refractivity contribution in [2.75, 3.05) is 6.61 Å². The van der Waals surface area contributed by atoms with E-state index in [1.165, 1.54) is 0 Å². The molecule has 0 saturated carbocycles. The lowest BCUT2D eigenvalue weighted by Crippen LogP contribution is -2.00. The summed E-state index contributed by atoms with van der Waals surface area (Å²) >= 11 is 3.43. The molecule has 0 unspecified atom stereocenters. The van der Waals surface area contributed by atoms with Gasteiger partial charge in [-0.05, 0) is 43.3 Å². The first-order chi connectivity index (χ1) is 10.2. The van der Waals surface area contributed by atoms with Gasteiger partial charge in [0.2, 0.25) is 0 Å².